The van der Waals surface area contributed by atoms with Gasteiger partial charge in [-0.3, -0.25) is 9.59 Å². The van der Waals surface area contributed by atoms with Crippen molar-refractivity contribution in [3.05, 3.63) is 34.9 Å². The fraction of sp³-hybridized carbons (Fsp3) is 0.467. The molecule has 1 aliphatic rings. The van der Waals surface area contributed by atoms with E-state index in [4.69, 9.17) is 0 Å². The SMILES string of the molecule is CC(=O)/C=C(/CC1C=C(C)C=C(C)C1)C(C)=O. The van der Waals surface area contributed by atoms with Gasteiger partial charge in [-0.2, -0.15) is 0 Å². The number of allylic oxidation sites excluding steroid dienone is 6. The van der Waals surface area contributed by atoms with Gasteiger partial charge in [-0.25, -0.2) is 0 Å². The number of hydrogen-bond acceptors (Lipinski definition) is 2. The second-order valence-corrected chi connectivity index (χ2v) is 4.91. The lowest BCUT2D eigenvalue weighted by molar-refractivity contribution is -0.115. The van der Waals surface area contributed by atoms with Crippen molar-refractivity contribution in [2.24, 2.45) is 5.92 Å². The van der Waals surface area contributed by atoms with Gasteiger partial charge in [0.25, 0.3) is 0 Å². The molecular formula is C15H20O2. The van der Waals surface area contributed by atoms with Crippen molar-refractivity contribution in [3.63, 3.8) is 0 Å². The maximum atomic E-state index is 11.5. The molecule has 1 aliphatic carbocycles. The van der Waals surface area contributed by atoms with Crippen LogP contribution >= 0.6 is 0 Å². The van der Waals surface area contributed by atoms with Crippen LogP contribution in [0.1, 0.15) is 40.5 Å². The van der Waals surface area contributed by atoms with E-state index in [0.717, 1.165) is 6.42 Å². The molecule has 0 aromatic heterocycles. The molecule has 1 atom stereocenters. The van der Waals surface area contributed by atoms with E-state index in [-0.39, 0.29) is 11.6 Å². The summed E-state index contributed by atoms with van der Waals surface area (Å²) in [5.74, 6) is 0.284. The predicted octanol–water partition coefficient (Wildman–Crippen LogP) is 3.39. The quantitative estimate of drug-likeness (QED) is 0.696. The van der Waals surface area contributed by atoms with Crippen LogP contribution in [0.15, 0.2) is 34.9 Å². The van der Waals surface area contributed by atoms with Gasteiger partial charge in [-0.15, -0.1) is 0 Å². The van der Waals surface area contributed by atoms with Gasteiger partial charge in [0.15, 0.2) is 11.6 Å². The van der Waals surface area contributed by atoms with E-state index in [9.17, 15) is 9.59 Å². The Morgan fingerprint density at radius 1 is 1.35 bits per heavy atom. The highest BCUT2D eigenvalue weighted by molar-refractivity contribution is 6.00. The van der Waals surface area contributed by atoms with Crippen LogP contribution < -0.4 is 0 Å². The van der Waals surface area contributed by atoms with E-state index in [0.29, 0.717) is 17.9 Å². The number of carbonyl (C=O) groups is 2. The topological polar surface area (TPSA) is 34.1 Å². The van der Waals surface area contributed by atoms with Gasteiger partial charge in [0.1, 0.15) is 0 Å². The molecule has 2 nitrogen and oxygen atoms in total. The predicted molar refractivity (Wildman–Crippen MR) is 69.7 cm³/mol. The van der Waals surface area contributed by atoms with Gasteiger partial charge in [0.05, 0.1) is 0 Å². The monoisotopic (exact) mass is 232 g/mol. The molecule has 92 valence electrons. The molecule has 0 spiro atoms. The van der Waals surface area contributed by atoms with E-state index < -0.39 is 0 Å². The van der Waals surface area contributed by atoms with Gasteiger partial charge in [-0.05, 0) is 58.1 Å². The van der Waals surface area contributed by atoms with Crippen molar-refractivity contribution in [1.29, 1.82) is 0 Å². The molecule has 0 bridgehead atoms. The Kier molecular flexibility index (Phi) is 4.62. The summed E-state index contributed by atoms with van der Waals surface area (Å²) in [4.78, 5) is 22.5. The van der Waals surface area contributed by atoms with Crippen LogP contribution in [0.3, 0.4) is 0 Å². The van der Waals surface area contributed by atoms with Crippen molar-refractivity contribution in [2.45, 2.75) is 40.5 Å². The Morgan fingerprint density at radius 2 is 2.00 bits per heavy atom. The third-order valence-electron chi connectivity index (χ3n) is 2.87. The first-order chi connectivity index (χ1) is 7.88. The van der Waals surface area contributed by atoms with Gasteiger partial charge in [-0.1, -0.05) is 23.3 Å². The minimum atomic E-state index is -0.0565. The van der Waals surface area contributed by atoms with Crippen LogP contribution in [0.4, 0.5) is 0 Å². The summed E-state index contributed by atoms with van der Waals surface area (Å²) in [5, 5.41) is 0. The van der Waals surface area contributed by atoms with Crippen molar-refractivity contribution in [1.82, 2.24) is 0 Å². The molecule has 0 aliphatic heterocycles. The molecule has 17 heavy (non-hydrogen) atoms. The van der Waals surface area contributed by atoms with Gasteiger partial charge in [0, 0.05) is 0 Å². The number of rotatable bonds is 4. The summed E-state index contributed by atoms with van der Waals surface area (Å²) in [6.07, 6.45) is 7.46. The first-order valence-electron chi connectivity index (χ1n) is 5.96. The highest BCUT2D eigenvalue weighted by Gasteiger charge is 2.16. The molecule has 1 rings (SSSR count). The molecule has 2 heteroatoms. The molecular weight excluding hydrogens is 212 g/mol. The number of carbonyl (C=O) groups excluding carboxylic acids is 2. The van der Waals surface area contributed by atoms with Crippen LogP contribution in [-0.4, -0.2) is 11.6 Å². The number of hydrogen-bond donors (Lipinski definition) is 0. The van der Waals surface area contributed by atoms with Crippen molar-refractivity contribution >= 4 is 11.6 Å². The maximum absolute atomic E-state index is 11.5. The smallest absolute Gasteiger partial charge is 0.155 e. The fourth-order valence-electron chi connectivity index (χ4n) is 2.30. The lowest BCUT2D eigenvalue weighted by Gasteiger charge is -2.19. The summed E-state index contributed by atoms with van der Waals surface area (Å²) in [7, 11) is 0. The molecule has 0 amide bonds. The summed E-state index contributed by atoms with van der Waals surface area (Å²) in [6, 6.07) is 0. The van der Waals surface area contributed by atoms with Gasteiger partial charge < -0.3 is 0 Å². The average Bonchev–Trinajstić information content (AvgIpc) is 2.13. The Morgan fingerprint density at radius 3 is 2.47 bits per heavy atom. The Bertz CT molecular complexity index is 422. The molecule has 0 aromatic carbocycles. The number of Topliss-reactive ketones (excluding diaryl/α,β-unsaturated/α-hetero) is 1. The summed E-state index contributed by atoms with van der Waals surface area (Å²) < 4.78 is 0. The van der Waals surface area contributed by atoms with Crippen LogP contribution in [0.25, 0.3) is 0 Å². The molecule has 0 saturated heterocycles. The van der Waals surface area contributed by atoms with Crippen LogP contribution in [-0.2, 0) is 9.59 Å². The minimum absolute atomic E-state index is 0.00143. The van der Waals surface area contributed by atoms with Crippen LogP contribution in [0.2, 0.25) is 0 Å². The molecule has 0 aromatic rings. The van der Waals surface area contributed by atoms with Gasteiger partial charge in [0.2, 0.25) is 0 Å². The third kappa shape index (κ3) is 4.51. The zero-order valence-electron chi connectivity index (χ0n) is 11.0. The van der Waals surface area contributed by atoms with Crippen molar-refractivity contribution in [3.8, 4) is 0 Å². The lowest BCUT2D eigenvalue weighted by Crippen LogP contribution is -2.09. The van der Waals surface area contributed by atoms with Crippen molar-refractivity contribution < 1.29 is 9.59 Å². The Labute approximate surface area is 103 Å². The van der Waals surface area contributed by atoms with E-state index in [1.807, 2.05) is 0 Å². The average molecular weight is 232 g/mol. The fourth-order valence-corrected chi connectivity index (χ4v) is 2.30. The van der Waals surface area contributed by atoms with E-state index in [1.54, 1.807) is 0 Å². The molecule has 0 N–H and O–H groups in total. The first-order valence-corrected chi connectivity index (χ1v) is 5.96. The van der Waals surface area contributed by atoms with E-state index in [1.165, 1.54) is 31.1 Å². The molecule has 0 radical (unpaired) electrons. The van der Waals surface area contributed by atoms with Gasteiger partial charge >= 0.3 is 0 Å². The number of ketones is 2. The van der Waals surface area contributed by atoms with Crippen LogP contribution in [0.5, 0.6) is 0 Å². The second-order valence-electron chi connectivity index (χ2n) is 4.91. The zero-order valence-corrected chi connectivity index (χ0v) is 11.0. The van der Waals surface area contributed by atoms with E-state index in [2.05, 4.69) is 26.0 Å². The normalized spacial score (nSPS) is 20.7. The first kappa shape index (κ1) is 13.6. The van der Waals surface area contributed by atoms with Crippen molar-refractivity contribution in [2.75, 3.05) is 0 Å². The van der Waals surface area contributed by atoms with Crippen LogP contribution in [0, 0.1) is 5.92 Å². The maximum Gasteiger partial charge on any atom is 0.155 e. The molecule has 0 saturated carbocycles. The highest BCUT2D eigenvalue weighted by atomic mass is 16.1. The molecule has 1 unspecified atom stereocenters. The lowest BCUT2D eigenvalue weighted by atomic mass is 9.86. The standard InChI is InChI=1S/C15H20O2/c1-10-5-11(2)7-14(6-10)9-15(13(4)17)8-12(3)16/h5-6,8,14H,7,9H2,1-4H3/b15-8-. The minimum Gasteiger partial charge on any atom is -0.295 e. The second kappa shape index (κ2) is 5.76. The Hall–Kier alpha value is -1.44. The summed E-state index contributed by atoms with van der Waals surface area (Å²) in [5.41, 5.74) is 3.21. The Balaban J connectivity index is 2.80. The highest BCUT2D eigenvalue weighted by Crippen LogP contribution is 2.27. The summed E-state index contributed by atoms with van der Waals surface area (Å²) >= 11 is 0. The van der Waals surface area contributed by atoms with E-state index >= 15 is 0 Å². The largest absolute Gasteiger partial charge is 0.295 e. The molecule has 0 fully saturated rings. The molecule has 0 heterocycles. The summed E-state index contributed by atoms with van der Waals surface area (Å²) in [6.45, 7) is 7.18. The third-order valence-corrected chi connectivity index (χ3v) is 2.87. The zero-order chi connectivity index (χ0) is 13.0.